The molecule has 1 heterocycles. The number of hydrogen-bond acceptors (Lipinski definition) is 2. The Kier molecular flexibility index (Phi) is 3.99. The molecule has 2 aromatic rings. The van der Waals surface area contributed by atoms with Gasteiger partial charge in [-0.25, -0.2) is 4.39 Å². The highest BCUT2D eigenvalue weighted by Gasteiger charge is 2.15. The van der Waals surface area contributed by atoms with Crippen molar-refractivity contribution in [3.63, 3.8) is 0 Å². The predicted molar refractivity (Wildman–Crippen MR) is 71.5 cm³/mol. The van der Waals surface area contributed by atoms with Crippen LogP contribution in [0.15, 0.2) is 35.0 Å². The monoisotopic (exact) mass is 283 g/mol. The Morgan fingerprint density at radius 3 is 2.83 bits per heavy atom. The Balaban J connectivity index is 2.17. The average molecular weight is 284 g/mol. The molecular formula is C13H11ClFNOS. The summed E-state index contributed by atoms with van der Waals surface area (Å²) in [7, 11) is 1.63. The summed E-state index contributed by atoms with van der Waals surface area (Å²) < 4.78 is 13.6. The highest BCUT2D eigenvalue weighted by molar-refractivity contribution is 7.08. The Morgan fingerprint density at radius 2 is 2.22 bits per heavy atom. The van der Waals surface area contributed by atoms with Gasteiger partial charge in [0.05, 0.1) is 5.56 Å². The number of carbonyl (C=O) groups excluding carboxylic acids is 1. The van der Waals surface area contributed by atoms with Crippen LogP contribution in [0.5, 0.6) is 0 Å². The van der Waals surface area contributed by atoms with Crippen LogP contribution in [0, 0.1) is 5.82 Å². The maximum absolute atomic E-state index is 13.6. The Labute approximate surface area is 114 Å². The molecular weight excluding hydrogens is 273 g/mol. The average Bonchev–Trinajstić information content (AvgIpc) is 2.86. The minimum Gasteiger partial charge on any atom is -0.337 e. The van der Waals surface area contributed by atoms with Gasteiger partial charge in [-0.2, -0.15) is 11.3 Å². The molecule has 0 saturated carbocycles. The van der Waals surface area contributed by atoms with E-state index in [0.29, 0.717) is 16.1 Å². The number of rotatable bonds is 3. The molecule has 0 radical (unpaired) electrons. The van der Waals surface area contributed by atoms with E-state index in [1.165, 1.54) is 22.3 Å². The summed E-state index contributed by atoms with van der Waals surface area (Å²) >= 11 is 7.38. The summed E-state index contributed by atoms with van der Waals surface area (Å²) in [6.07, 6.45) is 0. The van der Waals surface area contributed by atoms with Gasteiger partial charge in [-0.3, -0.25) is 4.79 Å². The molecule has 0 aliphatic rings. The molecule has 0 atom stereocenters. The van der Waals surface area contributed by atoms with Crippen LogP contribution in [0.1, 0.15) is 15.9 Å². The van der Waals surface area contributed by atoms with Gasteiger partial charge >= 0.3 is 0 Å². The van der Waals surface area contributed by atoms with Gasteiger partial charge in [0, 0.05) is 29.6 Å². The molecule has 1 aromatic heterocycles. The third-order valence-corrected chi connectivity index (χ3v) is 3.61. The van der Waals surface area contributed by atoms with Crippen molar-refractivity contribution in [3.8, 4) is 0 Å². The summed E-state index contributed by atoms with van der Waals surface area (Å²) in [6, 6.07) is 6.24. The third-order valence-electron chi connectivity index (χ3n) is 2.57. The summed E-state index contributed by atoms with van der Waals surface area (Å²) in [5, 5.41) is 3.93. The van der Waals surface area contributed by atoms with Gasteiger partial charge in [-0.1, -0.05) is 17.7 Å². The Bertz CT molecular complexity index is 536. The van der Waals surface area contributed by atoms with Crippen molar-refractivity contribution >= 4 is 28.8 Å². The fraction of sp³-hybridized carbons (Fsp3) is 0.154. The quantitative estimate of drug-likeness (QED) is 0.839. The SMILES string of the molecule is CN(Cc1c(F)cccc1Cl)C(=O)c1ccsc1. The molecule has 2 rings (SSSR count). The minimum absolute atomic E-state index is 0.143. The maximum atomic E-state index is 13.6. The maximum Gasteiger partial charge on any atom is 0.254 e. The molecule has 0 saturated heterocycles. The van der Waals surface area contributed by atoms with Crippen LogP contribution in [0.2, 0.25) is 5.02 Å². The second-order valence-corrected chi connectivity index (χ2v) is 5.06. The number of benzene rings is 1. The van der Waals surface area contributed by atoms with E-state index in [-0.39, 0.29) is 12.5 Å². The first kappa shape index (κ1) is 13.1. The minimum atomic E-state index is -0.396. The summed E-state index contributed by atoms with van der Waals surface area (Å²) in [5.41, 5.74) is 0.945. The van der Waals surface area contributed by atoms with Gasteiger partial charge in [0.2, 0.25) is 0 Å². The van der Waals surface area contributed by atoms with E-state index in [4.69, 9.17) is 11.6 Å². The summed E-state index contributed by atoms with van der Waals surface area (Å²) in [4.78, 5) is 13.5. The normalized spacial score (nSPS) is 10.4. The number of nitrogens with zero attached hydrogens (tertiary/aromatic N) is 1. The van der Waals surface area contributed by atoms with Crippen LogP contribution in [-0.2, 0) is 6.54 Å². The highest BCUT2D eigenvalue weighted by Crippen LogP contribution is 2.21. The molecule has 18 heavy (non-hydrogen) atoms. The first-order valence-electron chi connectivity index (χ1n) is 5.30. The lowest BCUT2D eigenvalue weighted by atomic mass is 10.2. The van der Waals surface area contributed by atoms with Crippen molar-refractivity contribution in [3.05, 3.63) is 57.0 Å². The predicted octanol–water partition coefficient (Wildman–Crippen LogP) is 3.81. The molecule has 0 unspecified atom stereocenters. The highest BCUT2D eigenvalue weighted by atomic mass is 35.5. The Hall–Kier alpha value is -1.39. The number of carbonyl (C=O) groups is 1. The molecule has 2 nitrogen and oxygen atoms in total. The fourth-order valence-corrected chi connectivity index (χ4v) is 2.45. The van der Waals surface area contributed by atoms with Crippen LogP contribution < -0.4 is 0 Å². The van der Waals surface area contributed by atoms with Crippen molar-refractivity contribution in [1.82, 2.24) is 4.90 Å². The number of halogens is 2. The molecule has 94 valence electrons. The smallest absolute Gasteiger partial charge is 0.254 e. The lowest BCUT2D eigenvalue weighted by Crippen LogP contribution is -2.26. The van der Waals surface area contributed by atoms with Gasteiger partial charge in [0.25, 0.3) is 5.91 Å². The van der Waals surface area contributed by atoms with E-state index in [0.717, 1.165) is 0 Å². The molecule has 0 spiro atoms. The van der Waals surface area contributed by atoms with E-state index < -0.39 is 5.82 Å². The van der Waals surface area contributed by atoms with E-state index in [1.807, 2.05) is 5.38 Å². The van der Waals surface area contributed by atoms with Gasteiger partial charge in [-0.05, 0) is 23.6 Å². The molecule has 0 aliphatic carbocycles. The molecule has 5 heteroatoms. The van der Waals surface area contributed by atoms with Crippen molar-refractivity contribution in [2.45, 2.75) is 6.54 Å². The van der Waals surface area contributed by atoms with Gasteiger partial charge in [0.1, 0.15) is 5.82 Å². The van der Waals surface area contributed by atoms with Crippen molar-refractivity contribution in [1.29, 1.82) is 0 Å². The van der Waals surface area contributed by atoms with Gasteiger partial charge < -0.3 is 4.90 Å². The lowest BCUT2D eigenvalue weighted by Gasteiger charge is -2.17. The van der Waals surface area contributed by atoms with Crippen LogP contribution in [0.3, 0.4) is 0 Å². The number of hydrogen-bond donors (Lipinski definition) is 0. The summed E-state index contributed by atoms with van der Waals surface area (Å²) in [5.74, 6) is -0.539. The van der Waals surface area contributed by atoms with Crippen LogP contribution >= 0.6 is 22.9 Å². The Morgan fingerprint density at radius 1 is 1.44 bits per heavy atom. The van der Waals surface area contributed by atoms with Crippen LogP contribution in [0.4, 0.5) is 4.39 Å². The number of amides is 1. The van der Waals surface area contributed by atoms with E-state index in [9.17, 15) is 9.18 Å². The molecule has 0 fully saturated rings. The van der Waals surface area contributed by atoms with Crippen molar-refractivity contribution in [2.24, 2.45) is 0 Å². The zero-order chi connectivity index (χ0) is 13.1. The molecule has 1 aromatic carbocycles. The van der Waals surface area contributed by atoms with Crippen molar-refractivity contribution < 1.29 is 9.18 Å². The number of thiophene rings is 1. The van der Waals surface area contributed by atoms with Crippen molar-refractivity contribution in [2.75, 3.05) is 7.05 Å². The van der Waals surface area contributed by atoms with Gasteiger partial charge in [-0.15, -0.1) is 0 Å². The van der Waals surface area contributed by atoms with E-state index in [1.54, 1.807) is 30.6 Å². The molecule has 0 N–H and O–H groups in total. The molecule has 1 amide bonds. The second-order valence-electron chi connectivity index (χ2n) is 3.87. The summed E-state index contributed by atoms with van der Waals surface area (Å²) in [6.45, 7) is 0.153. The first-order chi connectivity index (χ1) is 8.59. The molecule has 0 aliphatic heterocycles. The van der Waals surface area contributed by atoms with E-state index in [2.05, 4.69) is 0 Å². The fourth-order valence-electron chi connectivity index (χ4n) is 1.60. The first-order valence-corrected chi connectivity index (χ1v) is 6.62. The van der Waals surface area contributed by atoms with Crippen LogP contribution in [-0.4, -0.2) is 17.9 Å². The molecule has 0 bridgehead atoms. The standard InChI is InChI=1S/C13H11ClFNOS/c1-16(13(17)9-5-6-18-8-9)7-10-11(14)3-2-4-12(10)15/h2-6,8H,7H2,1H3. The van der Waals surface area contributed by atoms with Crippen LogP contribution in [0.25, 0.3) is 0 Å². The lowest BCUT2D eigenvalue weighted by molar-refractivity contribution is 0.0784. The van der Waals surface area contributed by atoms with Gasteiger partial charge in [0.15, 0.2) is 0 Å². The third kappa shape index (κ3) is 2.71. The van der Waals surface area contributed by atoms with E-state index >= 15 is 0 Å². The zero-order valence-electron chi connectivity index (χ0n) is 9.69. The topological polar surface area (TPSA) is 20.3 Å². The zero-order valence-corrected chi connectivity index (χ0v) is 11.3. The largest absolute Gasteiger partial charge is 0.337 e. The second kappa shape index (κ2) is 5.50.